The molecule has 1 N–H and O–H groups in total. The van der Waals surface area contributed by atoms with E-state index in [2.05, 4.69) is 54.3 Å². The van der Waals surface area contributed by atoms with E-state index in [1.165, 1.54) is 0 Å². The first-order chi connectivity index (χ1) is 9.10. The molecule has 2 unspecified atom stereocenters. The van der Waals surface area contributed by atoms with Gasteiger partial charge in [-0.1, -0.05) is 19.0 Å². The highest BCUT2D eigenvalue weighted by Gasteiger charge is 2.31. The van der Waals surface area contributed by atoms with Crippen LogP contribution in [0.15, 0.2) is 10.6 Å². The molecule has 0 saturated carbocycles. The normalized spacial score (nSPS) is 24.5. The highest BCUT2D eigenvalue weighted by Crippen LogP contribution is 2.21. The van der Waals surface area contributed by atoms with E-state index in [1.807, 2.05) is 0 Å². The monoisotopic (exact) mass is 266 g/mol. The molecule has 1 fully saturated rings. The van der Waals surface area contributed by atoms with E-state index in [0.29, 0.717) is 12.0 Å². The van der Waals surface area contributed by atoms with Gasteiger partial charge in [-0.15, -0.1) is 0 Å². The summed E-state index contributed by atoms with van der Waals surface area (Å²) < 4.78 is 5.41. The van der Waals surface area contributed by atoms with Gasteiger partial charge in [0.25, 0.3) is 0 Å². The Morgan fingerprint density at radius 3 is 2.89 bits per heavy atom. The first-order valence-electron chi connectivity index (χ1n) is 7.14. The van der Waals surface area contributed by atoms with E-state index in [-0.39, 0.29) is 0 Å². The number of likely N-dealkylation sites (tertiary alicyclic amines) is 1. The molecule has 1 aromatic heterocycles. The molecular weight excluding hydrogens is 240 g/mol. The lowest BCUT2D eigenvalue weighted by atomic mass is 10.1. The summed E-state index contributed by atoms with van der Waals surface area (Å²) in [6.07, 6.45) is 0. The number of likely N-dealkylation sites (N-methyl/N-ethyl adjacent to an activating group) is 1. The molecule has 1 aromatic rings. The van der Waals surface area contributed by atoms with Crippen molar-refractivity contribution in [3.8, 4) is 0 Å². The van der Waals surface area contributed by atoms with E-state index in [9.17, 15) is 0 Å². The van der Waals surface area contributed by atoms with Crippen LogP contribution < -0.4 is 5.32 Å². The van der Waals surface area contributed by atoms with Crippen molar-refractivity contribution in [2.45, 2.75) is 33.0 Å². The highest BCUT2D eigenvalue weighted by molar-refractivity contribution is 5.05. The maximum absolute atomic E-state index is 5.41. The lowest BCUT2D eigenvalue weighted by Crippen LogP contribution is -2.34. The quantitative estimate of drug-likeness (QED) is 0.837. The fourth-order valence-electron chi connectivity index (χ4n) is 2.84. The SMILES string of the molecule is CCNCc1cc(CN2CC(C)C(N(C)C)C2)on1. The van der Waals surface area contributed by atoms with E-state index in [0.717, 1.165) is 44.2 Å². The van der Waals surface area contributed by atoms with Crippen molar-refractivity contribution in [1.29, 1.82) is 0 Å². The zero-order chi connectivity index (χ0) is 13.8. The fraction of sp³-hybridized carbons (Fsp3) is 0.786. The third-order valence-electron chi connectivity index (χ3n) is 3.85. The molecule has 5 heteroatoms. The minimum absolute atomic E-state index is 0.643. The number of hydrogen-bond acceptors (Lipinski definition) is 5. The molecular formula is C14H26N4O. The molecule has 5 nitrogen and oxygen atoms in total. The van der Waals surface area contributed by atoms with Crippen molar-refractivity contribution < 1.29 is 4.52 Å². The highest BCUT2D eigenvalue weighted by atomic mass is 16.5. The predicted octanol–water partition coefficient (Wildman–Crippen LogP) is 1.17. The van der Waals surface area contributed by atoms with Crippen LogP contribution in [-0.2, 0) is 13.1 Å². The molecule has 1 saturated heterocycles. The minimum Gasteiger partial charge on any atom is -0.360 e. The van der Waals surface area contributed by atoms with Crippen LogP contribution >= 0.6 is 0 Å². The molecule has 0 aromatic carbocycles. The van der Waals surface area contributed by atoms with Gasteiger partial charge in [0.05, 0.1) is 12.2 Å². The molecule has 19 heavy (non-hydrogen) atoms. The minimum atomic E-state index is 0.643. The summed E-state index contributed by atoms with van der Waals surface area (Å²) in [5.41, 5.74) is 0.994. The molecule has 0 aliphatic carbocycles. The zero-order valence-corrected chi connectivity index (χ0v) is 12.5. The van der Waals surface area contributed by atoms with Crippen LogP contribution in [0.3, 0.4) is 0 Å². The summed E-state index contributed by atoms with van der Waals surface area (Å²) in [7, 11) is 4.32. The van der Waals surface area contributed by atoms with E-state index >= 15 is 0 Å². The summed E-state index contributed by atoms with van der Waals surface area (Å²) >= 11 is 0. The molecule has 0 radical (unpaired) electrons. The molecule has 0 bridgehead atoms. The van der Waals surface area contributed by atoms with Crippen LogP contribution in [0.4, 0.5) is 0 Å². The van der Waals surface area contributed by atoms with E-state index in [1.54, 1.807) is 0 Å². The van der Waals surface area contributed by atoms with Gasteiger partial charge in [-0.25, -0.2) is 0 Å². The Bertz CT molecular complexity index is 391. The van der Waals surface area contributed by atoms with Crippen molar-refractivity contribution >= 4 is 0 Å². The fourth-order valence-corrected chi connectivity index (χ4v) is 2.84. The second-order valence-electron chi connectivity index (χ2n) is 5.77. The number of rotatable bonds is 6. The Kier molecular flexibility index (Phi) is 4.96. The molecule has 1 aliphatic heterocycles. The number of hydrogen-bond donors (Lipinski definition) is 1. The van der Waals surface area contributed by atoms with Gasteiger partial charge in [-0.05, 0) is 26.6 Å². The van der Waals surface area contributed by atoms with Gasteiger partial charge in [0.15, 0.2) is 5.76 Å². The number of aromatic nitrogens is 1. The van der Waals surface area contributed by atoms with Crippen LogP contribution in [-0.4, -0.2) is 54.7 Å². The summed E-state index contributed by atoms with van der Waals surface area (Å²) in [6.45, 7) is 9.26. The maximum atomic E-state index is 5.41. The molecule has 2 rings (SSSR count). The maximum Gasteiger partial charge on any atom is 0.151 e. The average Bonchev–Trinajstić information content (AvgIpc) is 2.94. The van der Waals surface area contributed by atoms with Gasteiger partial charge in [0.1, 0.15) is 0 Å². The summed E-state index contributed by atoms with van der Waals surface area (Å²) in [5.74, 6) is 1.68. The largest absolute Gasteiger partial charge is 0.360 e. The standard InChI is InChI=1S/C14H26N4O/c1-5-15-7-12-6-13(19-16-12)9-18-8-11(2)14(10-18)17(3)4/h6,11,14-15H,5,7-10H2,1-4H3. The van der Waals surface area contributed by atoms with Gasteiger partial charge in [0, 0.05) is 31.7 Å². The second-order valence-corrected chi connectivity index (χ2v) is 5.77. The Balaban J connectivity index is 1.86. The lowest BCUT2D eigenvalue weighted by molar-refractivity contribution is 0.237. The van der Waals surface area contributed by atoms with E-state index < -0.39 is 0 Å². The van der Waals surface area contributed by atoms with Crippen molar-refractivity contribution in [3.05, 3.63) is 17.5 Å². The van der Waals surface area contributed by atoms with Crippen molar-refractivity contribution in [3.63, 3.8) is 0 Å². The van der Waals surface area contributed by atoms with Crippen molar-refractivity contribution in [2.24, 2.45) is 5.92 Å². The van der Waals surface area contributed by atoms with Crippen LogP contribution in [0.25, 0.3) is 0 Å². The third-order valence-corrected chi connectivity index (χ3v) is 3.85. The molecule has 2 heterocycles. The molecule has 0 amide bonds. The molecule has 1 aliphatic rings. The summed E-state index contributed by atoms with van der Waals surface area (Å²) in [4.78, 5) is 4.77. The van der Waals surface area contributed by atoms with Crippen LogP contribution in [0.1, 0.15) is 25.3 Å². The molecule has 0 spiro atoms. The Labute approximate surface area is 115 Å². The topological polar surface area (TPSA) is 44.5 Å². The van der Waals surface area contributed by atoms with Crippen molar-refractivity contribution in [1.82, 2.24) is 20.3 Å². The Hall–Kier alpha value is -0.910. The lowest BCUT2D eigenvalue weighted by Gasteiger charge is -2.22. The third kappa shape index (κ3) is 3.78. The van der Waals surface area contributed by atoms with Gasteiger partial charge < -0.3 is 14.7 Å². The summed E-state index contributed by atoms with van der Waals surface area (Å²) in [6, 6.07) is 2.71. The van der Waals surface area contributed by atoms with Crippen LogP contribution in [0.5, 0.6) is 0 Å². The number of nitrogens with zero attached hydrogens (tertiary/aromatic N) is 3. The second kappa shape index (κ2) is 6.50. The van der Waals surface area contributed by atoms with Crippen LogP contribution in [0.2, 0.25) is 0 Å². The number of nitrogens with one attached hydrogen (secondary N) is 1. The van der Waals surface area contributed by atoms with Gasteiger partial charge in [0.2, 0.25) is 0 Å². The summed E-state index contributed by atoms with van der Waals surface area (Å²) in [5, 5.41) is 7.35. The smallest absolute Gasteiger partial charge is 0.151 e. The average molecular weight is 266 g/mol. The Morgan fingerprint density at radius 2 is 2.26 bits per heavy atom. The molecule has 108 valence electrons. The van der Waals surface area contributed by atoms with Gasteiger partial charge in [-0.3, -0.25) is 4.90 Å². The van der Waals surface area contributed by atoms with Crippen LogP contribution in [0, 0.1) is 5.92 Å². The van der Waals surface area contributed by atoms with Gasteiger partial charge in [-0.2, -0.15) is 0 Å². The van der Waals surface area contributed by atoms with E-state index in [4.69, 9.17) is 4.52 Å². The zero-order valence-electron chi connectivity index (χ0n) is 12.5. The van der Waals surface area contributed by atoms with Crippen molar-refractivity contribution in [2.75, 3.05) is 33.7 Å². The van der Waals surface area contributed by atoms with Gasteiger partial charge >= 0.3 is 0 Å². The predicted molar refractivity (Wildman–Crippen MR) is 75.8 cm³/mol. The first-order valence-corrected chi connectivity index (χ1v) is 7.14. The Morgan fingerprint density at radius 1 is 1.47 bits per heavy atom. The first kappa shape index (κ1) is 14.5. The molecule has 2 atom stereocenters.